The Morgan fingerprint density at radius 3 is 2.86 bits per heavy atom. The van der Waals surface area contributed by atoms with E-state index in [-0.39, 0.29) is 23.8 Å². The number of esters is 1. The molecule has 0 aliphatic heterocycles. The molecule has 1 saturated carbocycles. The van der Waals surface area contributed by atoms with Crippen LogP contribution in [0.4, 0.5) is 0 Å². The zero-order valence-electron chi connectivity index (χ0n) is 13.2. The molecule has 0 radical (unpaired) electrons. The number of aryl methyl sites for hydroxylation is 1. The molecule has 0 saturated heterocycles. The van der Waals surface area contributed by atoms with Gasteiger partial charge in [0.2, 0.25) is 5.91 Å². The maximum Gasteiger partial charge on any atom is 0.310 e. The van der Waals surface area contributed by atoms with Crippen LogP contribution in [0.5, 0.6) is 0 Å². The lowest BCUT2D eigenvalue weighted by atomic mass is 9.94. The molecule has 0 aromatic carbocycles. The lowest BCUT2D eigenvalue weighted by molar-refractivity contribution is -0.147. The van der Waals surface area contributed by atoms with Gasteiger partial charge in [0.15, 0.2) is 0 Å². The molecule has 2 atom stereocenters. The topological polar surface area (TPSA) is 73.2 Å². The minimum atomic E-state index is -0.204. The summed E-state index contributed by atoms with van der Waals surface area (Å²) >= 11 is 0. The lowest BCUT2D eigenvalue weighted by Gasteiger charge is -2.24. The molecule has 1 heterocycles. The van der Waals surface area contributed by atoms with Gasteiger partial charge >= 0.3 is 5.97 Å². The third-order valence-electron chi connectivity index (χ3n) is 4.25. The average Bonchev–Trinajstić information content (AvgIpc) is 2.92. The Hall–Kier alpha value is -1.85. The number of ether oxygens (including phenoxy) is 1. The van der Waals surface area contributed by atoms with Crippen LogP contribution < -0.4 is 5.32 Å². The first-order chi connectivity index (χ1) is 10.7. The van der Waals surface area contributed by atoms with E-state index in [1.54, 1.807) is 12.5 Å². The van der Waals surface area contributed by atoms with Crippen molar-refractivity contribution in [3.63, 3.8) is 0 Å². The van der Waals surface area contributed by atoms with E-state index in [9.17, 15) is 9.59 Å². The Morgan fingerprint density at radius 1 is 1.32 bits per heavy atom. The van der Waals surface area contributed by atoms with Crippen molar-refractivity contribution >= 4 is 11.9 Å². The predicted octanol–water partition coefficient (Wildman–Crippen LogP) is 1.90. The highest BCUT2D eigenvalue weighted by molar-refractivity contribution is 5.78. The lowest BCUT2D eigenvalue weighted by Crippen LogP contribution is -2.43. The molecule has 1 aromatic heterocycles. The summed E-state index contributed by atoms with van der Waals surface area (Å²) in [5.41, 5.74) is 0. The third-order valence-corrected chi connectivity index (χ3v) is 4.25. The van der Waals surface area contributed by atoms with Gasteiger partial charge < -0.3 is 14.6 Å². The maximum atomic E-state index is 12.1. The summed E-state index contributed by atoms with van der Waals surface area (Å²) in [6.07, 6.45) is 11.4. The number of hydrogen-bond acceptors (Lipinski definition) is 4. The number of methoxy groups -OCH3 is 1. The van der Waals surface area contributed by atoms with E-state index in [1.165, 1.54) is 7.11 Å². The minimum absolute atomic E-state index is 0.0147. The molecule has 0 bridgehead atoms. The van der Waals surface area contributed by atoms with Crippen LogP contribution in [0.25, 0.3) is 0 Å². The van der Waals surface area contributed by atoms with Gasteiger partial charge in [0, 0.05) is 31.4 Å². The van der Waals surface area contributed by atoms with Gasteiger partial charge in [-0.15, -0.1) is 0 Å². The van der Waals surface area contributed by atoms with Crippen LogP contribution in [-0.2, 0) is 20.9 Å². The Morgan fingerprint density at radius 2 is 2.14 bits per heavy atom. The Kier molecular flexibility index (Phi) is 6.43. The highest BCUT2D eigenvalue weighted by Gasteiger charge is 2.31. The van der Waals surface area contributed by atoms with E-state index in [2.05, 4.69) is 10.3 Å². The van der Waals surface area contributed by atoms with Gasteiger partial charge in [-0.05, 0) is 19.3 Å². The van der Waals surface area contributed by atoms with Crippen molar-refractivity contribution in [2.24, 2.45) is 5.92 Å². The molecule has 1 fully saturated rings. The molecule has 122 valence electrons. The third kappa shape index (κ3) is 4.86. The first-order valence-electron chi connectivity index (χ1n) is 8.03. The fourth-order valence-electron chi connectivity index (χ4n) is 3.03. The molecule has 1 aliphatic rings. The number of imidazole rings is 1. The predicted molar refractivity (Wildman–Crippen MR) is 82.0 cm³/mol. The summed E-state index contributed by atoms with van der Waals surface area (Å²) in [4.78, 5) is 28.0. The van der Waals surface area contributed by atoms with Gasteiger partial charge in [-0.3, -0.25) is 9.59 Å². The molecule has 1 amide bonds. The summed E-state index contributed by atoms with van der Waals surface area (Å²) in [5, 5.41) is 3.04. The zero-order chi connectivity index (χ0) is 15.8. The number of hydrogen-bond donors (Lipinski definition) is 1. The van der Waals surface area contributed by atoms with Crippen molar-refractivity contribution in [1.82, 2.24) is 14.9 Å². The number of nitrogens with one attached hydrogen (secondary N) is 1. The van der Waals surface area contributed by atoms with E-state index in [1.807, 2.05) is 10.8 Å². The second kappa shape index (κ2) is 8.56. The van der Waals surface area contributed by atoms with Gasteiger partial charge in [-0.25, -0.2) is 4.98 Å². The number of nitrogens with zero attached hydrogens (tertiary/aromatic N) is 2. The fraction of sp³-hybridized carbons (Fsp3) is 0.688. The van der Waals surface area contributed by atoms with Crippen molar-refractivity contribution in [2.75, 3.05) is 7.11 Å². The quantitative estimate of drug-likeness (QED) is 0.643. The number of aromatic nitrogens is 2. The summed E-state index contributed by atoms with van der Waals surface area (Å²) < 4.78 is 6.84. The first kappa shape index (κ1) is 16.5. The van der Waals surface area contributed by atoms with E-state index in [4.69, 9.17) is 4.74 Å². The SMILES string of the molecule is COC(=O)[C@H]1CCCCC[C@H]1NC(=O)CCCn1ccnc1. The van der Waals surface area contributed by atoms with Crippen LogP contribution in [0.3, 0.4) is 0 Å². The normalized spacial score (nSPS) is 21.9. The van der Waals surface area contributed by atoms with E-state index >= 15 is 0 Å². The number of carbonyl (C=O) groups is 2. The summed E-state index contributed by atoms with van der Waals surface area (Å²) in [6.45, 7) is 0.776. The molecular weight excluding hydrogens is 282 g/mol. The van der Waals surface area contributed by atoms with E-state index in [0.29, 0.717) is 6.42 Å². The standard InChI is InChI=1S/C16H25N3O3/c1-22-16(21)13-6-3-2-4-7-14(13)18-15(20)8-5-10-19-11-9-17-12-19/h9,11-14H,2-8,10H2,1H3,(H,18,20)/t13-,14+/m0/s1. The summed E-state index contributed by atoms with van der Waals surface area (Å²) in [6, 6.07) is -0.0873. The average molecular weight is 307 g/mol. The van der Waals surface area contributed by atoms with E-state index < -0.39 is 0 Å². The molecular formula is C16H25N3O3. The Balaban J connectivity index is 1.80. The van der Waals surface area contributed by atoms with Gasteiger partial charge in [0.25, 0.3) is 0 Å². The van der Waals surface area contributed by atoms with Crippen molar-refractivity contribution in [2.45, 2.75) is 57.5 Å². The van der Waals surface area contributed by atoms with Crippen molar-refractivity contribution < 1.29 is 14.3 Å². The van der Waals surface area contributed by atoms with Crippen LogP contribution in [-0.4, -0.2) is 34.6 Å². The number of rotatable bonds is 6. The molecule has 6 heteroatoms. The zero-order valence-corrected chi connectivity index (χ0v) is 13.2. The highest BCUT2D eigenvalue weighted by atomic mass is 16.5. The van der Waals surface area contributed by atoms with Crippen molar-refractivity contribution in [1.29, 1.82) is 0 Å². The molecule has 1 aromatic rings. The molecule has 1 aliphatic carbocycles. The summed E-state index contributed by atoms with van der Waals surface area (Å²) in [7, 11) is 1.41. The molecule has 0 unspecified atom stereocenters. The van der Waals surface area contributed by atoms with Gasteiger partial charge in [-0.2, -0.15) is 0 Å². The number of carbonyl (C=O) groups excluding carboxylic acids is 2. The monoisotopic (exact) mass is 307 g/mol. The smallest absolute Gasteiger partial charge is 0.310 e. The minimum Gasteiger partial charge on any atom is -0.469 e. The molecule has 2 rings (SSSR count). The van der Waals surface area contributed by atoms with Gasteiger partial charge in [0.1, 0.15) is 0 Å². The Bertz CT molecular complexity index is 473. The van der Waals surface area contributed by atoms with Crippen LogP contribution in [0, 0.1) is 5.92 Å². The fourth-order valence-corrected chi connectivity index (χ4v) is 3.03. The van der Waals surface area contributed by atoms with Gasteiger partial charge in [-0.1, -0.05) is 19.3 Å². The molecule has 22 heavy (non-hydrogen) atoms. The van der Waals surface area contributed by atoms with Crippen molar-refractivity contribution in [3.8, 4) is 0 Å². The molecule has 6 nitrogen and oxygen atoms in total. The van der Waals surface area contributed by atoms with Gasteiger partial charge in [0.05, 0.1) is 19.4 Å². The first-order valence-corrected chi connectivity index (χ1v) is 8.03. The molecule has 1 N–H and O–H groups in total. The maximum absolute atomic E-state index is 12.1. The van der Waals surface area contributed by atoms with Crippen molar-refractivity contribution in [3.05, 3.63) is 18.7 Å². The van der Waals surface area contributed by atoms with Crippen LogP contribution in [0.15, 0.2) is 18.7 Å². The van der Waals surface area contributed by atoms with E-state index in [0.717, 1.165) is 45.1 Å². The van der Waals surface area contributed by atoms with Crippen LogP contribution in [0.2, 0.25) is 0 Å². The number of amides is 1. The van der Waals surface area contributed by atoms with Crippen LogP contribution >= 0.6 is 0 Å². The highest BCUT2D eigenvalue weighted by Crippen LogP contribution is 2.24. The van der Waals surface area contributed by atoms with Crippen LogP contribution in [0.1, 0.15) is 44.9 Å². The Labute approximate surface area is 131 Å². The second-order valence-corrected chi connectivity index (χ2v) is 5.85. The largest absolute Gasteiger partial charge is 0.469 e. The summed E-state index contributed by atoms with van der Waals surface area (Å²) in [5.74, 6) is -0.392. The molecule has 0 spiro atoms. The second-order valence-electron chi connectivity index (χ2n) is 5.85.